The fourth-order valence-corrected chi connectivity index (χ4v) is 4.47. The van der Waals surface area contributed by atoms with Crippen molar-refractivity contribution in [3.63, 3.8) is 0 Å². The minimum Gasteiger partial charge on any atom is -0.473 e. The van der Waals surface area contributed by atoms with Crippen molar-refractivity contribution in [2.24, 2.45) is 0 Å². The summed E-state index contributed by atoms with van der Waals surface area (Å²) in [5, 5.41) is 0.880. The van der Waals surface area contributed by atoms with Gasteiger partial charge in [-0.3, -0.25) is 0 Å². The highest BCUT2D eigenvalue weighted by molar-refractivity contribution is 7.15. The maximum absolute atomic E-state index is 12.5. The first kappa shape index (κ1) is 17.5. The second-order valence-corrected chi connectivity index (χ2v) is 7.34. The summed E-state index contributed by atoms with van der Waals surface area (Å²) in [5.41, 5.74) is 3.80. The number of aryl methyl sites for hydroxylation is 1. The number of esters is 1. The molecule has 2 heterocycles. The predicted octanol–water partition coefficient (Wildman–Crippen LogP) is 4.74. The molecule has 1 unspecified atom stereocenters. The van der Waals surface area contributed by atoms with Crippen molar-refractivity contribution in [3.05, 3.63) is 82.3 Å². The average Bonchev–Trinajstić information content (AvgIpc) is 3.04. The molecule has 2 aromatic carbocycles. The largest absolute Gasteiger partial charge is 0.473 e. The Hall–Kier alpha value is -2.92. The minimum absolute atomic E-state index is 0.258. The highest BCUT2D eigenvalue weighted by Crippen LogP contribution is 2.45. The van der Waals surface area contributed by atoms with E-state index in [9.17, 15) is 4.79 Å². The third-order valence-corrected chi connectivity index (χ3v) is 5.81. The number of ether oxygens (including phenoxy) is 2. The van der Waals surface area contributed by atoms with Gasteiger partial charge in [0.25, 0.3) is 0 Å². The van der Waals surface area contributed by atoms with Crippen LogP contribution in [0.15, 0.2) is 66.2 Å². The van der Waals surface area contributed by atoms with Crippen LogP contribution in [-0.2, 0) is 9.53 Å². The normalized spacial score (nSPS) is 15.9. The van der Waals surface area contributed by atoms with Crippen molar-refractivity contribution in [1.82, 2.24) is 4.98 Å². The molecule has 27 heavy (non-hydrogen) atoms. The maximum Gasteiger partial charge on any atom is 0.334 e. The Labute approximate surface area is 162 Å². The van der Waals surface area contributed by atoms with Gasteiger partial charge in [-0.2, -0.15) is 0 Å². The van der Waals surface area contributed by atoms with Crippen molar-refractivity contribution < 1.29 is 14.3 Å². The summed E-state index contributed by atoms with van der Waals surface area (Å²) in [5.74, 6) is -0.0114. The van der Waals surface area contributed by atoms with Gasteiger partial charge in [0.2, 0.25) is 5.88 Å². The van der Waals surface area contributed by atoms with Crippen molar-refractivity contribution in [2.45, 2.75) is 12.8 Å². The number of fused-ring (bicyclic) bond motifs is 1. The summed E-state index contributed by atoms with van der Waals surface area (Å²) in [4.78, 5) is 18.2. The molecular weight excluding hydrogens is 358 g/mol. The number of carbonyl (C=O) groups excluding carboxylic acids is 1. The molecule has 0 bridgehead atoms. The number of rotatable bonds is 3. The van der Waals surface area contributed by atoms with Crippen LogP contribution < -0.4 is 4.74 Å². The lowest BCUT2D eigenvalue weighted by atomic mass is 9.87. The standard InChI is InChI=1S/C22H19NO3S/c1-14-8-6-7-11-16(14)18-17(22(24)25-2)12-13-26-20-19(18)27-21(23-20)15-9-4-3-5-10-15/h3-12,18H,13H2,1-2H3. The highest BCUT2D eigenvalue weighted by Gasteiger charge is 2.33. The Morgan fingerprint density at radius 1 is 1.15 bits per heavy atom. The molecule has 1 aliphatic heterocycles. The number of benzene rings is 2. The Morgan fingerprint density at radius 3 is 2.63 bits per heavy atom. The Bertz CT molecular complexity index is 1010. The third-order valence-electron chi connectivity index (χ3n) is 4.66. The Kier molecular flexibility index (Phi) is 4.77. The molecule has 3 aromatic rings. The number of hydrogen-bond donors (Lipinski definition) is 0. The van der Waals surface area contributed by atoms with Crippen LogP contribution in [0.5, 0.6) is 5.88 Å². The molecule has 0 amide bonds. The van der Waals surface area contributed by atoms with E-state index in [1.807, 2.05) is 48.5 Å². The van der Waals surface area contributed by atoms with E-state index in [2.05, 4.69) is 13.0 Å². The lowest BCUT2D eigenvalue weighted by Gasteiger charge is -2.19. The van der Waals surface area contributed by atoms with Gasteiger partial charge in [-0.05, 0) is 24.1 Å². The first-order chi connectivity index (χ1) is 13.2. The average molecular weight is 377 g/mol. The lowest BCUT2D eigenvalue weighted by molar-refractivity contribution is -0.136. The molecule has 4 rings (SSSR count). The van der Waals surface area contributed by atoms with E-state index in [1.165, 1.54) is 7.11 Å². The Balaban J connectivity index is 1.90. The number of nitrogens with zero attached hydrogens (tertiary/aromatic N) is 1. The van der Waals surface area contributed by atoms with Crippen LogP contribution in [-0.4, -0.2) is 24.7 Å². The first-order valence-electron chi connectivity index (χ1n) is 8.72. The van der Waals surface area contributed by atoms with E-state index in [4.69, 9.17) is 14.5 Å². The summed E-state index contributed by atoms with van der Waals surface area (Å²) in [6.07, 6.45) is 1.81. The molecule has 1 aromatic heterocycles. The molecule has 0 radical (unpaired) electrons. The molecule has 0 aliphatic carbocycles. The molecule has 1 aliphatic rings. The number of carbonyl (C=O) groups is 1. The van der Waals surface area contributed by atoms with Crippen LogP contribution in [0.25, 0.3) is 10.6 Å². The Morgan fingerprint density at radius 2 is 1.89 bits per heavy atom. The number of methoxy groups -OCH3 is 1. The van der Waals surface area contributed by atoms with E-state index in [0.717, 1.165) is 26.6 Å². The predicted molar refractivity (Wildman–Crippen MR) is 106 cm³/mol. The van der Waals surface area contributed by atoms with Crippen LogP contribution in [0.2, 0.25) is 0 Å². The van der Waals surface area contributed by atoms with Gasteiger partial charge in [-0.15, -0.1) is 11.3 Å². The van der Waals surface area contributed by atoms with E-state index >= 15 is 0 Å². The van der Waals surface area contributed by atoms with Crippen molar-refractivity contribution in [1.29, 1.82) is 0 Å². The molecule has 0 fully saturated rings. The molecule has 4 nitrogen and oxygen atoms in total. The summed E-state index contributed by atoms with van der Waals surface area (Å²) in [7, 11) is 1.41. The van der Waals surface area contributed by atoms with Crippen LogP contribution in [0.4, 0.5) is 0 Å². The van der Waals surface area contributed by atoms with Crippen LogP contribution in [0.1, 0.15) is 21.9 Å². The van der Waals surface area contributed by atoms with Crippen molar-refractivity contribution >= 4 is 17.3 Å². The first-order valence-corrected chi connectivity index (χ1v) is 9.53. The molecule has 0 spiro atoms. The molecule has 0 saturated carbocycles. The quantitative estimate of drug-likeness (QED) is 0.619. The zero-order valence-corrected chi connectivity index (χ0v) is 16.0. The number of aromatic nitrogens is 1. The van der Waals surface area contributed by atoms with E-state index in [0.29, 0.717) is 11.5 Å². The summed E-state index contributed by atoms with van der Waals surface area (Å²) in [6.45, 7) is 2.34. The smallest absolute Gasteiger partial charge is 0.334 e. The fourth-order valence-electron chi connectivity index (χ4n) is 3.32. The van der Waals surface area contributed by atoms with Gasteiger partial charge in [-0.1, -0.05) is 54.6 Å². The topological polar surface area (TPSA) is 48.4 Å². The van der Waals surface area contributed by atoms with Crippen LogP contribution in [0, 0.1) is 6.92 Å². The maximum atomic E-state index is 12.5. The second-order valence-electron chi connectivity index (χ2n) is 6.31. The second kappa shape index (κ2) is 7.37. The minimum atomic E-state index is -0.339. The van der Waals surface area contributed by atoms with E-state index in [-0.39, 0.29) is 18.5 Å². The summed E-state index contributed by atoms with van der Waals surface area (Å²) >= 11 is 1.56. The summed E-state index contributed by atoms with van der Waals surface area (Å²) < 4.78 is 10.9. The summed E-state index contributed by atoms with van der Waals surface area (Å²) in [6, 6.07) is 18.1. The van der Waals surface area contributed by atoms with Crippen LogP contribution >= 0.6 is 11.3 Å². The van der Waals surface area contributed by atoms with E-state index < -0.39 is 0 Å². The van der Waals surface area contributed by atoms with E-state index in [1.54, 1.807) is 17.4 Å². The van der Waals surface area contributed by atoms with Crippen LogP contribution in [0.3, 0.4) is 0 Å². The van der Waals surface area contributed by atoms with Crippen molar-refractivity contribution in [2.75, 3.05) is 13.7 Å². The molecule has 1 atom stereocenters. The highest BCUT2D eigenvalue weighted by atomic mass is 32.1. The van der Waals surface area contributed by atoms with Gasteiger partial charge in [0.1, 0.15) is 11.6 Å². The lowest BCUT2D eigenvalue weighted by Crippen LogP contribution is -2.14. The third kappa shape index (κ3) is 3.26. The SMILES string of the molecule is COC(=O)C1=CCOc2nc(-c3ccccc3)sc2C1c1ccccc1C. The fraction of sp³-hybridized carbons (Fsp3) is 0.182. The zero-order chi connectivity index (χ0) is 18.8. The van der Waals surface area contributed by atoms with Gasteiger partial charge in [0.15, 0.2) is 0 Å². The molecule has 5 heteroatoms. The molecular formula is C22H19NO3S. The molecule has 136 valence electrons. The van der Waals surface area contributed by atoms with Gasteiger partial charge < -0.3 is 9.47 Å². The van der Waals surface area contributed by atoms with Gasteiger partial charge in [0, 0.05) is 11.1 Å². The van der Waals surface area contributed by atoms with Gasteiger partial charge in [-0.25, -0.2) is 9.78 Å². The van der Waals surface area contributed by atoms with Crippen molar-refractivity contribution in [3.8, 4) is 16.5 Å². The van der Waals surface area contributed by atoms with Gasteiger partial charge in [0.05, 0.1) is 17.9 Å². The number of hydrogen-bond acceptors (Lipinski definition) is 5. The zero-order valence-electron chi connectivity index (χ0n) is 15.1. The molecule has 0 saturated heterocycles. The number of thiazole rings is 1. The monoisotopic (exact) mass is 377 g/mol. The molecule has 0 N–H and O–H groups in total. The van der Waals surface area contributed by atoms with Gasteiger partial charge >= 0.3 is 5.97 Å².